The molecule has 2 aliphatic heterocycles. The van der Waals surface area contributed by atoms with E-state index in [1.807, 2.05) is 16.8 Å². The molecule has 0 saturated carbocycles. The van der Waals surface area contributed by atoms with Crippen LogP contribution in [0.2, 0.25) is 0 Å². The van der Waals surface area contributed by atoms with Crippen LogP contribution in [-0.2, 0) is 0 Å². The van der Waals surface area contributed by atoms with Crippen LogP contribution in [0.3, 0.4) is 0 Å². The fourth-order valence-electron chi connectivity index (χ4n) is 4.38. The van der Waals surface area contributed by atoms with E-state index in [1.54, 1.807) is 6.33 Å². The van der Waals surface area contributed by atoms with E-state index in [4.69, 9.17) is 5.26 Å². The van der Waals surface area contributed by atoms with Gasteiger partial charge in [-0.15, -0.1) is 0 Å². The van der Waals surface area contributed by atoms with Gasteiger partial charge in [-0.3, -0.25) is 0 Å². The second-order valence-corrected chi connectivity index (χ2v) is 7.85. The van der Waals surface area contributed by atoms with Gasteiger partial charge in [0.1, 0.15) is 24.0 Å². The molecule has 8 heteroatoms. The summed E-state index contributed by atoms with van der Waals surface area (Å²) in [6, 6.07) is 10.6. The molecule has 0 amide bonds. The third-order valence-electron chi connectivity index (χ3n) is 5.79. The molecule has 0 bridgehead atoms. The molecule has 2 atom stereocenters. The van der Waals surface area contributed by atoms with Crippen molar-refractivity contribution in [2.45, 2.75) is 0 Å². The topological polar surface area (TPSA) is 85.9 Å². The number of aromatic nitrogens is 4. The van der Waals surface area contributed by atoms with Crippen molar-refractivity contribution < 1.29 is 0 Å². The standard InChI is InChI=1S/C21H22N8/c1-27-9-15-11-28(12-16(15)10-27)18-2-4-19(5-3-18)29-13-21(25-14-29)26-20-8-23-17(6-22)7-24-20/h2-5,7-8,13-16H,9-12H2,1H3,(H,24,26). The number of anilines is 3. The van der Waals surface area contributed by atoms with E-state index in [0.717, 1.165) is 30.6 Å². The average Bonchev–Trinajstić information content (AvgIpc) is 3.44. The number of nitrogens with zero attached hydrogens (tertiary/aromatic N) is 7. The number of rotatable bonds is 4. The van der Waals surface area contributed by atoms with Crippen LogP contribution in [-0.4, -0.2) is 57.6 Å². The Kier molecular flexibility index (Phi) is 4.37. The molecule has 8 nitrogen and oxygen atoms in total. The van der Waals surface area contributed by atoms with Crippen molar-refractivity contribution in [3.8, 4) is 11.8 Å². The van der Waals surface area contributed by atoms with Gasteiger partial charge in [0.05, 0.1) is 18.6 Å². The molecule has 4 heterocycles. The maximum absolute atomic E-state index is 8.79. The summed E-state index contributed by atoms with van der Waals surface area (Å²) in [6.45, 7) is 4.74. The minimum Gasteiger partial charge on any atom is -0.371 e. The van der Waals surface area contributed by atoms with Crippen molar-refractivity contribution in [3.05, 3.63) is 54.9 Å². The van der Waals surface area contributed by atoms with E-state index in [2.05, 4.69) is 61.4 Å². The number of hydrogen-bond acceptors (Lipinski definition) is 7. The van der Waals surface area contributed by atoms with Gasteiger partial charge in [-0.05, 0) is 43.1 Å². The highest BCUT2D eigenvalue weighted by Gasteiger charge is 2.38. The Bertz CT molecular complexity index is 1020. The zero-order chi connectivity index (χ0) is 19.8. The van der Waals surface area contributed by atoms with E-state index < -0.39 is 0 Å². The summed E-state index contributed by atoms with van der Waals surface area (Å²) in [5.41, 5.74) is 2.63. The largest absolute Gasteiger partial charge is 0.371 e. The zero-order valence-electron chi connectivity index (χ0n) is 16.2. The predicted octanol–water partition coefficient (Wildman–Crippen LogP) is 2.28. The van der Waals surface area contributed by atoms with Crippen molar-refractivity contribution >= 4 is 17.3 Å². The predicted molar refractivity (Wildman–Crippen MR) is 110 cm³/mol. The second-order valence-electron chi connectivity index (χ2n) is 7.85. The summed E-state index contributed by atoms with van der Waals surface area (Å²) >= 11 is 0. The number of nitriles is 1. The Morgan fingerprint density at radius 2 is 1.66 bits per heavy atom. The molecule has 2 aliphatic rings. The number of nitrogens with one attached hydrogen (secondary N) is 1. The van der Waals surface area contributed by atoms with E-state index in [0.29, 0.717) is 11.6 Å². The van der Waals surface area contributed by atoms with Crippen LogP contribution < -0.4 is 10.2 Å². The summed E-state index contributed by atoms with van der Waals surface area (Å²) < 4.78 is 1.97. The second kappa shape index (κ2) is 7.18. The molecular weight excluding hydrogens is 364 g/mol. The molecule has 0 aliphatic carbocycles. The van der Waals surface area contributed by atoms with Gasteiger partial charge in [-0.2, -0.15) is 5.26 Å². The quantitative estimate of drug-likeness (QED) is 0.736. The van der Waals surface area contributed by atoms with Crippen LogP contribution in [0.25, 0.3) is 5.69 Å². The normalized spacial score (nSPS) is 21.2. The van der Waals surface area contributed by atoms with E-state index in [1.165, 1.54) is 31.2 Å². The van der Waals surface area contributed by atoms with Crippen molar-refractivity contribution in [2.75, 3.05) is 43.4 Å². The smallest absolute Gasteiger partial charge is 0.158 e. The highest BCUT2D eigenvalue weighted by atomic mass is 15.2. The minimum absolute atomic E-state index is 0.287. The number of likely N-dealkylation sites (tertiary alicyclic amines) is 1. The lowest BCUT2D eigenvalue weighted by Crippen LogP contribution is -2.26. The van der Waals surface area contributed by atoms with E-state index >= 15 is 0 Å². The molecule has 1 N–H and O–H groups in total. The first-order valence-corrected chi connectivity index (χ1v) is 9.75. The van der Waals surface area contributed by atoms with Crippen molar-refractivity contribution in [3.63, 3.8) is 0 Å². The summed E-state index contributed by atoms with van der Waals surface area (Å²) in [7, 11) is 2.22. The van der Waals surface area contributed by atoms with Crippen LogP contribution in [0.4, 0.5) is 17.3 Å². The first-order valence-electron chi connectivity index (χ1n) is 9.75. The molecule has 0 radical (unpaired) electrons. The molecule has 29 heavy (non-hydrogen) atoms. The summed E-state index contributed by atoms with van der Waals surface area (Å²) in [4.78, 5) is 17.5. The fraction of sp³-hybridized carbons (Fsp3) is 0.333. The Labute approximate surface area is 169 Å². The molecular formula is C21H22N8. The van der Waals surface area contributed by atoms with Crippen molar-refractivity contribution in [2.24, 2.45) is 11.8 Å². The molecule has 2 unspecified atom stereocenters. The van der Waals surface area contributed by atoms with Crippen LogP contribution in [0.5, 0.6) is 0 Å². The van der Waals surface area contributed by atoms with Gasteiger partial charge >= 0.3 is 0 Å². The lowest BCUT2D eigenvalue weighted by Gasteiger charge is -2.21. The molecule has 3 aromatic rings. The van der Waals surface area contributed by atoms with Crippen LogP contribution >= 0.6 is 0 Å². The summed E-state index contributed by atoms with van der Waals surface area (Å²) in [5, 5.41) is 11.9. The number of imidazole rings is 1. The SMILES string of the molecule is CN1CC2CN(c3ccc(-n4cnc(Nc5cnc(C#N)cn5)c4)cc3)CC2C1. The highest BCUT2D eigenvalue weighted by Crippen LogP contribution is 2.33. The molecule has 2 fully saturated rings. The van der Waals surface area contributed by atoms with Crippen molar-refractivity contribution in [1.29, 1.82) is 5.26 Å². The van der Waals surface area contributed by atoms with Crippen LogP contribution in [0, 0.1) is 23.2 Å². The monoisotopic (exact) mass is 386 g/mol. The van der Waals surface area contributed by atoms with Gasteiger partial charge in [0.15, 0.2) is 5.69 Å². The van der Waals surface area contributed by atoms with E-state index in [-0.39, 0.29) is 5.69 Å². The zero-order valence-corrected chi connectivity index (χ0v) is 16.2. The maximum Gasteiger partial charge on any atom is 0.158 e. The van der Waals surface area contributed by atoms with Gasteiger partial charge in [0, 0.05) is 37.6 Å². The van der Waals surface area contributed by atoms with Gasteiger partial charge in [-0.25, -0.2) is 15.0 Å². The molecule has 2 saturated heterocycles. The summed E-state index contributed by atoms with van der Waals surface area (Å²) in [5.74, 6) is 2.82. The Hall–Kier alpha value is -3.44. The molecule has 2 aromatic heterocycles. The molecule has 146 valence electrons. The van der Waals surface area contributed by atoms with Crippen molar-refractivity contribution in [1.82, 2.24) is 24.4 Å². The van der Waals surface area contributed by atoms with Gasteiger partial charge in [-0.1, -0.05) is 0 Å². The lowest BCUT2D eigenvalue weighted by atomic mass is 10.0. The molecule has 5 rings (SSSR count). The molecule has 1 aromatic carbocycles. The third kappa shape index (κ3) is 3.52. The Morgan fingerprint density at radius 1 is 0.931 bits per heavy atom. The fourth-order valence-corrected chi connectivity index (χ4v) is 4.38. The lowest BCUT2D eigenvalue weighted by molar-refractivity contribution is 0.387. The average molecular weight is 386 g/mol. The summed E-state index contributed by atoms with van der Waals surface area (Å²) in [6.07, 6.45) is 6.63. The number of benzene rings is 1. The number of hydrogen-bond donors (Lipinski definition) is 1. The number of fused-ring (bicyclic) bond motifs is 1. The first kappa shape index (κ1) is 17.6. The third-order valence-corrected chi connectivity index (χ3v) is 5.79. The van der Waals surface area contributed by atoms with Gasteiger partial charge in [0.25, 0.3) is 0 Å². The highest BCUT2D eigenvalue weighted by molar-refractivity contribution is 5.54. The van der Waals surface area contributed by atoms with E-state index in [9.17, 15) is 0 Å². The van der Waals surface area contributed by atoms with Gasteiger partial charge in [0.2, 0.25) is 0 Å². The van der Waals surface area contributed by atoms with Crippen LogP contribution in [0.15, 0.2) is 49.2 Å². The Balaban J connectivity index is 1.25. The Morgan fingerprint density at radius 3 is 2.31 bits per heavy atom. The van der Waals surface area contributed by atoms with Crippen LogP contribution in [0.1, 0.15) is 5.69 Å². The molecule has 0 spiro atoms. The van der Waals surface area contributed by atoms with Gasteiger partial charge < -0.3 is 19.7 Å². The maximum atomic E-state index is 8.79. The first-order chi connectivity index (χ1) is 14.2. The minimum atomic E-state index is 0.287.